The SMILES string of the molecule is COc1cccc(-c2ccc3c(N)c(C(=O)Nc4ccc(C)c(CBr)c4)sc3n2)c1. The predicted octanol–water partition coefficient (Wildman–Crippen LogP) is 6.01. The minimum atomic E-state index is -0.234. The molecule has 5 nitrogen and oxygen atoms in total. The fourth-order valence-corrected chi connectivity index (χ4v) is 4.78. The van der Waals surface area contributed by atoms with Crippen LogP contribution in [0.25, 0.3) is 21.5 Å². The van der Waals surface area contributed by atoms with Crippen LogP contribution in [0.5, 0.6) is 5.75 Å². The molecule has 2 aromatic heterocycles. The number of benzene rings is 2. The van der Waals surface area contributed by atoms with Gasteiger partial charge in [-0.2, -0.15) is 0 Å². The van der Waals surface area contributed by atoms with E-state index in [-0.39, 0.29) is 5.91 Å². The van der Waals surface area contributed by atoms with Crippen molar-refractivity contribution >= 4 is 54.8 Å². The van der Waals surface area contributed by atoms with Crippen molar-refractivity contribution in [2.75, 3.05) is 18.2 Å². The number of carbonyl (C=O) groups excluding carboxylic acids is 1. The average molecular weight is 482 g/mol. The first kappa shape index (κ1) is 20.4. The summed E-state index contributed by atoms with van der Waals surface area (Å²) in [4.78, 5) is 18.8. The number of anilines is 2. The van der Waals surface area contributed by atoms with E-state index in [2.05, 4.69) is 21.2 Å². The van der Waals surface area contributed by atoms with E-state index in [0.29, 0.717) is 10.6 Å². The van der Waals surface area contributed by atoms with E-state index in [4.69, 9.17) is 15.5 Å². The van der Waals surface area contributed by atoms with Crippen LogP contribution in [0.2, 0.25) is 0 Å². The zero-order valence-electron chi connectivity index (χ0n) is 16.5. The number of nitrogens with one attached hydrogen (secondary N) is 1. The van der Waals surface area contributed by atoms with Gasteiger partial charge < -0.3 is 15.8 Å². The Morgan fingerprint density at radius 1 is 1.20 bits per heavy atom. The van der Waals surface area contributed by atoms with Crippen LogP contribution in [0.3, 0.4) is 0 Å². The molecule has 0 unspecified atom stereocenters. The van der Waals surface area contributed by atoms with Crippen LogP contribution in [0.15, 0.2) is 54.6 Å². The third kappa shape index (κ3) is 3.91. The summed E-state index contributed by atoms with van der Waals surface area (Å²) in [5.41, 5.74) is 11.5. The van der Waals surface area contributed by atoms with Crippen molar-refractivity contribution in [1.82, 2.24) is 4.98 Å². The summed E-state index contributed by atoms with van der Waals surface area (Å²) < 4.78 is 5.30. The number of nitrogens with zero attached hydrogens (tertiary/aromatic N) is 1. The number of nitrogen functional groups attached to an aromatic ring is 1. The molecule has 30 heavy (non-hydrogen) atoms. The highest BCUT2D eigenvalue weighted by Crippen LogP contribution is 2.35. The molecule has 0 spiro atoms. The normalized spacial score (nSPS) is 10.9. The van der Waals surface area contributed by atoms with Gasteiger partial charge in [-0.25, -0.2) is 4.98 Å². The average Bonchev–Trinajstić information content (AvgIpc) is 3.11. The Labute approximate surface area is 187 Å². The molecule has 4 aromatic rings. The third-order valence-electron chi connectivity index (χ3n) is 4.92. The van der Waals surface area contributed by atoms with Crippen LogP contribution >= 0.6 is 27.3 Å². The van der Waals surface area contributed by atoms with Gasteiger partial charge in [0.25, 0.3) is 5.91 Å². The molecule has 2 heterocycles. The molecular weight excluding hydrogens is 462 g/mol. The van der Waals surface area contributed by atoms with Crippen molar-refractivity contribution in [3.8, 4) is 17.0 Å². The summed E-state index contributed by atoms with van der Waals surface area (Å²) in [7, 11) is 1.63. The smallest absolute Gasteiger partial charge is 0.267 e. The Hall–Kier alpha value is -2.90. The molecule has 0 fully saturated rings. The van der Waals surface area contributed by atoms with Gasteiger partial charge in [-0.15, -0.1) is 11.3 Å². The van der Waals surface area contributed by atoms with E-state index in [1.54, 1.807) is 7.11 Å². The third-order valence-corrected chi connectivity index (χ3v) is 6.63. The maximum Gasteiger partial charge on any atom is 0.267 e. The quantitative estimate of drug-likeness (QED) is 0.342. The molecule has 152 valence electrons. The molecule has 0 radical (unpaired) electrons. The summed E-state index contributed by atoms with van der Waals surface area (Å²) in [5.74, 6) is 0.531. The lowest BCUT2D eigenvalue weighted by Crippen LogP contribution is -2.12. The maximum absolute atomic E-state index is 12.9. The highest BCUT2D eigenvalue weighted by molar-refractivity contribution is 9.08. The zero-order chi connectivity index (χ0) is 21.3. The fraction of sp³-hybridized carbons (Fsp3) is 0.130. The lowest BCUT2D eigenvalue weighted by Gasteiger charge is -2.08. The number of ether oxygens (including phenoxy) is 1. The van der Waals surface area contributed by atoms with E-state index in [1.165, 1.54) is 16.9 Å². The van der Waals surface area contributed by atoms with Gasteiger partial charge in [0, 0.05) is 22.0 Å². The second-order valence-corrected chi connectivity index (χ2v) is 8.41. The molecular formula is C23H20BrN3O2S. The van der Waals surface area contributed by atoms with Crippen molar-refractivity contribution in [2.24, 2.45) is 0 Å². The van der Waals surface area contributed by atoms with E-state index in [1.807, 2.05) is 61.5 Å². The number of amides is 1. The van der Waals surface area contributed by atoms with Crippen molar-refractivity contribution in [3.05, 3.63) is 70.6 Å². The van der Waals surface area contributed by atoms with Crippen LogP contribution < -0.4 is 15.8 Å². The monoisotopic (exact) mass is 481 g/mol. The summed E-state index contributed by atoms with van der Waals surface area (Å²) >= 11 is 4.77. The number of nitrogens with two attached hydrogens (primary N) is 1. The molecule has 4 rings (SSSR count). The molecule has 1 amide bonds. The molecule has 2 aromatic carbocycles. The lowest BCUT2D eigenvalue weighted by molar-refractivity contribution is 0.103. The first-order chi connectivity index (χ1) is 14.5. The Balaban J connectivity index is 1.66. The number of hydrogen-bond donors (Lipinski definition) is 2. The topological polar surface area (TPSA) is 77.2 Å². The van der Waals surface area contributed by atoms with Gasteiger partial charge in [0.15, 0.2) is 0 Å². The van der Waals surface area contributed by atoms with Gasteiger partial charge in [-0.05, 0) is 54.4 Å². The molecule has 0 saturated heterocycles. The Bertz CT molecular complexity index is 1250. The Morgan fingerprint density at radius 3 is 2.80 bits per heavy atom. The zero-order valence-corrected chi connectivity index (χ0v) is 18.9. The lowest BCUT2D eigenvalue weighted by atomic mass is 10.1. The van der Waals surface area contributed by atoms with Crippen molar-refractivity contribution in [1.29, 1.82) is 0 Å². The largest absolute Gasteiger partial charge is 0.497 e. The number of rotatable bonds is 5. The number of hydrogen-bond acceptors (Lipinski definition) is 5. The Kier molecular flexibility index (Phi) is 5.74. The van der Waals surface area contributed by atoms with Crippen LogP contribution in [0.1, 0.15) is 20.8 Å². The number of carbonyl (C=O) groups is 1. The maximum atomic E-state index is 12.9. The molecule has 0 atom stereocenters. The van der Waals surface area contributed by atoms with Crippen molar-refractivity contribution < 1.29 is 9.53 Å². The van der Waals surface area contributed by atoms with E-state index >= 15 is 0 Å². The van der Waals surface area contributed by atoms with Gasteiger partial charge in [-0.1, -0.05) is 34.1 Å². The van der Waals surface area contributed by atoms with E-state index in [0.717, 1.165) is 43.8 Å². The van der Waals surface area contributed by atoms with Gasteiger partial charge in [0.1, 0.15) is 15.5 Å². The number of aromatic nitrogens is 1. The number of pyridine rings is 1. The van der Waals surface area contributed by atoms with E-state index in [9.17, 15) is 4.79 Å². The molecule has 0 saturated carbocycles. The summed E-state index contributed by atoms with van der Waals surface area (Å²) in [6.07, 6.45) is 0. The standard InChI is InChI=1S/C23H20BrN3O2S/c1-13-6-7-16(10-15(13)12-24)26-22(28)21-20(25)18-8-9-19(27-23(18)30-21)14-4-3-5-17(11-14)29-2/h3-11H,12,25H2,1-2H3,(H,26,28). The number of thiophene rings is 1. The van der Waals surface area contributed by atoms with Crippen LogP contribution in [0, 0.1) is 6.92 Å². The minimum Gasteiger partial charge on any atom is -0.497 e. The highest BCUT2D eigenvalue weighted by atomic mass is 79.9. The molecule has 0 aliphatic rings. The summed E-state index contributed by atoms with van der Waals surface area (Å²) in [6.45, 7) is 2.04. The van der Waals surface area contributed by atoms with Gasteiger partial charge in [0.2, 0.25) is 0 Å². The van der Waals surface area contributed by atoms with Gasteiger partial charge in [0.05, 0.1) is 18.5 Å². The Morgan fingerprint density at radius 2 is 2.03 bits per heavy atom. The number of methoxy groups -OCH3 is 1. The van der Waals surface area contributed by atoms with Crippen LogP contribution in [-0.4, -0.2) is 18.0 Å². The second kappa shape index (κ2) is 8.45. The number of halogens is 1. The molecule has 3 N–H and O–H groups in total. The van der Waals surface area contributed by atoms with Crippen LogP contribution in [-0.2, 0) is 5.33 Å². The molecule has 0 aliphatic heterocycles. The van der Waals surface area contributed by atoms with E-state index < -0.39 is 0 Å². The van der Waals surface area contributed by atoms with Crippen molar-refractivity contribution in [3.63, 3.8) is 0 Å². The first-order valence-corrected chi connectivity index (χ1v) is 11.2. The van der Waals surface area contributed by atoms with Crippen molar-refractivity contribution in [2.45, 2.75) is 12.3 Å². The predicted molar refractivity (Wildman–Crippen MR) is 128 cm³/mol. The van der Waals surface area contributed by atoms with Gasteiger partial charge >= 0.3 is 0 Å². The number of alkyl halides is 1. The number of fused-ring (bicyclic) bond motifs is 1. The number of aryl methyl sites for hydroxylation is 1. The first-order valence-electron chi connectivity index (χ1n) is 9.30. The second-order valence-electron chi connectivity index (χ2n) is 6.86. The molecule has 0 bridgehead atoms. The minimum absolute atomic E-state index is 0.234. The van der Waals surface area contributed by atoms with Crippen LogP contribution in [0.4, 0.5) is 11.4 Å². The summed E-state index contributed by atoms with van der Waals surface area (Å²) in [5, 5.41) is 4.46. The van der Waals surface area contributed by atoms with Gasteiger partial charge in [-0.3, -0.25) is 4.79 Å². The highest BCUT2D eigenvalue weighted by Gasteiger charge is 2.18. The molecule has 7 heteroatoms. The molecule has 0 aliphatic carbocycles. The summed E-state index contributed by atoms with van der Waals surface area (Å²) in [6, 6.07) is 17.4. The fourth-order valence-electron chi connectivity index (χ4n) is 3.19.